The number of carbonyl (C=O) groups is 1. The van der Waals surface area contributed by atoms with Gasteiger partial charge in [0.05, 0.1) is 6.26 Å². The van der Waals surface area contributed by atoms with Crippen LogP contribution in [0.15, 0.2) is 48.5 Å². The summed E-state index contributed by atoms with van der Waals surface area (Å²) in [5.41, 5.74) is 1.98. The first kappa shape index (κ1) is 18.4. The van der Waals surface area contributed by atoms with Crippen LogP contribution in [0, 0.1) is 6.92 Å². The van der Waals surface area contributed by atoms with Gasteiger partial charge >= 0.3 is 0 Å². The van der Waals surface area contributed by atoms with Gasteiger partial charge in [-0.25, -0.2) is 8.42 Å². The molecule has 0 bridgehead atoms. The maximum absolute atomic E-state index is 12.8. The molecular formula is C17H19ClN2O3S. The maximum atomic E-state index is 12.8. The number of rotatable bonds is 5. The number of amides is 1. The van der Waals surface area contributed by atoms with Crippen molar-refractivity contribution in [3.05, 3.63) is 64.7 Å². The fourth-order valence-corrected chi connectivity index (χ4v) is 3.15. The summed E-state index contributed by atoms with van der Waals surface area (Å²) >= 11 is 5.92. The number of halogens is 1. The molecule has 0 spiro atoms. The molecular weight excluding hydrogens is 348 g/mol. The lowest BCUT2D eigenvalue weighted by Gasteiger charge is -2.26. The van der Waals surface area contributed by atoms with Crippen LogP contribution in [0.3, 0.4) is 0 Å². The third kappa shape index (κ3) is 4.35. The van der Waals surface area contributed by atoms with Crippen molar-refractivity contribution in [3.8, 4) is 0 Å². The van der Waals surface area contributed by atoms with Gasteiger partial charge in [0.2, 0.25) is 15.9 Å². The molecule has 1 amide bonds. The molecule has 2 aromatic carbocycles. The first-order valence-electron chi connectivity index (χ1n) is 7.25. The Morgan fingerprint density at radius 3 is 2.33 bits per heavy atom. The molecule has 0 aliphatic heterocycles. The predicted molar refractivity (Wildman–Crippen MR) is 96.6 cm³/mol. The Bertz CT molecular complexity index is 838. The molecule has 1 atom stereocenters. The van der Waals surface area contributed by atoms with Gasteiger partial charge < -0.3 is 5.32 Å². The maximum Gasteiger partial charge on any atom is 0.247 e. The number of hydrogen-bond acceptors (Lipinski definition) is 3. The Morgan fingerprint density at radius 2 is 1.79 bits per heavy atom. The molecule has 0 aromatic heterocycles. The number of nitrogens with one attached hydrogen (secondary N) is 1. The van der Waals surface area contributed by atoms with Crippen molar-refractivity contribution in [2.75, 3.05) is 18.6 Å². The number of hydrogen-bond donors (Lipinski definition) is 1. The predicted octanol–water partition coefficient (Wildman–Crippen LogP) is 3.22. The van der Waals surface area contributed by atoms with Crippen LogP contribution in [-0.2, 0) is 14.8 Å². The molecule has 2 rings (SSSR count). The Morgan fingerprint density at radius 1 is 1.17 bits per heavy atom. The summed E-state index contributed by atoms with van der Waals surface area (Å²) in [7, 11) is -2.16. The number of likely N-dealkylation sites (N-methyl/N-ethyl adjacent to an activating group) is 1. The van der Waals surface area contributed by atoms with Crippen molar-refractivity contribution in [1.29, 1.82) is 0 Å². The van der Waals surface area contributed by atoms with E-state index in [1.54, 1.807) is 42.5 Å². The van der Waals surface area contributed by atoms with Crippen LogP contribution in [0.4, 0.5) is 5.69 Å². The molecule has 24 heavy (non-hydrogen) atoms. The zero-order valence-electron chi connectivity index (χ0n) is 13.7. The van der Waals surface area contributed by atoms with E-state index in [9.17, 15) is 13.2 Å². The highest BCUT2D eigenvalue weighted by Crippen LogP contribution is 2.25. The molecule has 1 N–H and O–H groups in total. The van der Waals surface area contributed by atoms with Crippen LogP contribution in [0.2, 0.25) is 5.02 Å². The highest BCUT2D eigenvalue weighted by atomic mass is 35.5. The SMILES string of the molecule is Cc1cc(Cl)ccc1NC(=O)[C@@H](c1ccccc1)N(C)S(C)(=O)=O. The highest BCUT2D eigenvalue weighted by molar-refractivity contribution is 7.88. The topological polar surface area (TPSA) is 66.5 Å². The third-order valence-corrected chi connectivity index (χ3v) is 5.19. The summed E-state index contributed by atoms with van der Waals surface area (Å²) in [5, 5.41) is 3.35. The van der Waals surface area contributed by atoms with Crippen LogP contribution >= 0.6 is 11.6 Å². The van der Waals surface area contributed by atoms with Crippen molar-refractivity contribution in [1.82, 2.24) is 4.31 Å². The molecule has 0 aliphatic carbocycles. The lowest BCUT2D eigenvalue weighted by molar-refractivity contribution is -0.119. The van der Waals surface area contributed by atoms with Crippen molar-refractivity contribution in [2.45, 2.75) is 13.0 Å². The van der Waals surface area contributed by atoms with E-state index < -0.39 is 22.0 Å². The number of anilines is 1. The summed E-state index contributed by atoms with van der Waals surface area (Å²) in [6.45, 7) is 1.82. The van der Waals surface area contributed by atoms with E-state index in [2.05, 4.69) is 5.32 Å². The monoisotopic (exact) mass is 366 g/mol. The second kappa shape index (κ2) is 7.34. The zero-order valence-corrected chi connectivity index (χ0v) is 15.2. The van der Waals surface area contributed by atoms with E-state index in [0.717, 1.165) is 16.1 Å². The number of sulfonamides is 1. The van der Waals surface area contributed by atoms with Crippen molar-refractivity contribution >= 4 is 33.2 Å². The van der Waals surface area contributed by atoms with Gasteiger partial charge in [-0.15, -0.1) is 0 Å². The van der Waals surface area contributed by atoms with Gasteiger partial charge in [-0.05, 0) is 36.2 Å². The van der Waals surface area contributed by atoms with E-state index in [1.807, 2.05) is 13.0 Å². The van der Waals surface area contributed by atoms with Gasteiger partial charge in [-0.1, -0.05) is 41.9 Å². The van der Waals surface area contributed by atoms with Gasteiger partial charge in [0, 0.05) is 17.8 Å². The molecule has 0 saturated carbocycles. The molecule has 7 heteroatoms. The summed E-state index contributed by atoms with van der Waals surface area (Å²) < 4.78 is 24.9. The second-order valence-electron chi connectivity index (χ2n) is 5.54. The Kier molecular flexibility index (Phi) is 5.64. The number of aryl methyl sites for hydroxylation is 1. The molecule has 128 valence electrons. The van der Waals surface area contributed by atoms with Gasteiger partial charge in [0.1, 0.15) is 6.04 Å². The van der Waals surface area contributed by atoms with E-state index in [1.165, 1.54) is 7.05 Å². The number of carbonyl (C=O) groups excluding carboxylic acids is 1. The highest BCUT2D eigenvalue weighted by Gasteiger charge is 2.30. The molecule has 0 heterocycles. The molecule has 2 aromatic rings. The van der Waals surface area contributed by atoms with Crippen LogP contribution in [-0.4, -0.2) is 31.9 Å². The quantitative estimate of drug-likeness (QED) is 0.883. The third-order valence-electron chi connectivity index (χ3n) is 3.70. The molecule has 0 unspecified atom stereocenters. The fraction of sp³-hybridized carbons (Fsp3) is 0.235. The van der Waals surface area contributed by atoms with Crippen molar-refractivity contribution in [2.24, 2.45) is 0 Å². The smallest absolute Gasteiger partial charge is 0.247 e. The molecule has 0 aliphatic rings. The van der Waals surface area contributed by atoms with Gasteiger partial charge in [0.15, 0.2) is 0 Å². The number of benzene rings is 2. The van der Waals surface area contributed by atoms with E-state index in [4.69, 9.17) is 11.6 Å². The first-order valence-corrected chi connectivity index (χ1v) is 9.48. The molecule has 0 radical (unpaired) electrons. The normalized spacial score (nSPS) is 12.9. The Hall–Kier alpha value is -1.89. The Balaban J connectivity index is 2.38. The molecule has 0 fully saturated rings. The van der Waals surface area contributed by atoms with Gasteiger partial charge in [0.25, 0.3) is 0 Å². The fourth-order valence-electron chi connectivity index (χ4n) is 2.32. The standard InChI is InChI=1S/C17H19ClN2O3S/c1-12-11-14(18)9-10-15(12)19-17(21)16(20(2)24(3,22)23)13-7-5-4-6-8-13/h4-11,16H,1-3H3,(H,19,21)/t16-/m1/s1. The summed E-state index contributed by atoms with van der Waals surface area (Å²) in [4.78, 5) is 12.8. The van der Waals surface area contributed by atoms with Crippen molar-refractivity contribution < 1.29 is 13.2 Å². The molecule has 0 saturated heterocycles. The lowest BCUT2D eigenvalue weighted by atomic mass is 10.1. The summed E-state index contributed by atoms with van der Waals surface area (Å²) in [6.07, 6.45) is 1.07. The minimum Gasteiger partial charge on any atom is -0.324 e. The number of nitrogens with zero attached hydrogens (tertiary/aromatic N) is 1. The minimum atomic E-state index is -3.55. The first-order chi connectivity index (χ1) is 11.2. The van der Waals surface area contributed by atoms with Gasteiger partial charge in [-0.3, -0.25) is 4.79 Å². The zero-order chi connectivity index (χ0) is 17.9. The largest absolute Gasteiger partial charge is 0.324 e. The molecule has 5 nitrogen and oxygen atoms in total. The van der Waals surface area contributed by atoms with Crippen LogP contribution in [0.1, 0.15) is 17.2 Å². The average Bonchev–Trinajstić information content (AvgIpc) is 2.50. The van der Waals surface area contributed by atoms with Crippen LogP contribution in [0.5, 0.6) is 0 Å². The Labute approximate surface area is 147 Å². The average molecular weight is 367 g/mol. The summed E-state index contributed by atoms with van der Waals surface area (Å²) in [6, 6.07) is 12.9. The minimum absolute atomic E-state index is 0.431. The van der Waals surface area contributed by atoms with Crippen LogP contribution in [0.25, 0.3) is 0 Å². The van der Waals surface area contributed by atoms with E-state index >= 15 is 0 Å². The second-order valence-corrected chi connectivity index (χ2v) is 8.02. The summed E-state index contributed by atoms with van der Waals surface area (Å²) in [5.74, 6) is -0.431. The van der Waals surface area contributed by atoms with E-state index in [0.29, 0.717) is 16.3 Å². The van der Waals surface area contributed by atoms with Crippen molar-refractivity contribution in [3.63, 3.8) is 0 Å². The van der Waals surface area contributed by atoms with E-state index in [-0.39, 0.29) is 0 Å². The lowest BCUT2D eigenvalue weighted by Crippen LogP contribution is -2.38. The van der Waals surface area contributed by atoms with Gasteiger partial charge in [-0.2, -0.15) is 4.31 Å². The van der Waals surface area contributed by atoms with Crippen LogP contribution < -0.4 is 5.32 Å².